The average Bonchev–Trinajstić information content (AvgIpc) is 2.74. The molecule has 0 bridgehead atoms. The van der Waals surface area contributed by atoms with Gasteiger partial charge in [0.2, 0.25) is 5.22 Å². The Bertz CT molecular complexity index is 470. The number of furan rings is 1. The highest BCUT2D eigenvalue weighted by atomic mass is 35.5. The molecule has 2 atom stereocenters. The number of likely N-dealkylation sites (tertiary alicyclic amines) is 1. The number of carboxylic acids is 1. The van der Waals surface area contributed by atoms with Gasteiger partial charge in [-0.25, -0.2) is 0 Å². The van der Waals surface area contributed by atoms with Crippen molar-refractivity contribution in [1.29, 1.82) is 0 Å². The normalized spacial score (nSPS) is 24.0. The van der Waals surface area contributed by atoms with E-state index in [1.807, 2.05) is 6.92 Å². The van der Waals surface area contributed by atoms with Crippen LogP contribution in [0, 0.1) is 5.92 Å². The van der Waals surface area contributed by atoms with Crippen molar-refractivity contribution in [2.45, 2.75) is 25.8 Å². The Morgan fingerprint density at radius 1 is 1.56 bits per heavy atom. The van der Waals surface area contributed by atoms with Crippen LogP contribution in [0.5, 0.6) is 0 Å². The zero-order valence-electron chi connectivity index (χ0n) is 9.93. The van der Waals surface area contributed by atoms with Crippen LogP contribution < -0.4 is 0 Å². The number of hydrogen-bond acceptors (Lipinski definition) is 3. The minimum absolute atomic E-state index is 0.0764. The molecule has 0 spiro atoms. The van der Waals surface area contributed by atoms with Gasteiger partial charge in [-0.1, -0.05) is 0 Å². The van der Waals surface area contributed by atoms with Crippen molar-refractivity contribution in [3.63, 3.8) is 0 Å². The van der Waals surface area contributed by atoms with Gasteiger partial charge in [0, 0.05) is 12.6 Å². The molecule has 6 heteroatoms. The van der Waals surface area contributed by atoms with Crippen LogP contribution in [0.15, 0.2) is 16.7 Å². The van der Waals surface area contributed by atoms with E-state index >= 15 is 0 Å². The predicted molar refractivity (Wildman–Crippen MR) is 64.6 cm³/mol. The third kappa shape index (κ3) is 2.36. The molecule has 18 heavy (non-hydrogen) atoms. The minimum Gasteiger partial charge on any atom is -0.481 e. The Hall–Kier alpha value is -1.49. The number of aliphatic carboxylic acids is 1. The van der Waals surface area contributed by atoms with Crippen molar-refractivity contribution >= 4 is 23.5 Å². The molecule has 0 aliphatic carbocycles. The van der Waals surface area contributed by atoms with Gasteiger partial charge in [0.15, 0.2) is 0 Å². The monoisotopic (exact) mass is 271 g/mol. The molecule has 2 rings (SSSR count). The van der Waals surface area contributed by atoms with Gasteiger partial charge in [-0.15, -0.1) is 0 Å². The fourth-order valence-electron chi connectivity index (χ4n) is 2.30. The first-order valence-electron chi connectivity index (χ1n) is 5.77. The van der Waals surface area contributed by atoms with E-state index in [1.54, 1.807) is 4.90 Å². The van der Waals surface area contributed by atoms with E-state index in [9.17, 15) is 9.59 Å². The minimum atomic E-state index is -0.796. The van der Waals surface area contributed by atoms with Crippen molar-refractivity contribution < 1.29 is 19.1 Å². The van der Waals surface area contributed by atoms with Crippen LogP contribution in [-0.4, -0.2) is 34.5 Å². The molecule has 98 valence electrons. The Morgan fingerprint density at radius 2 is 2.28 bits per heavy atom. The molecule has 2 unspecified atom stereocenters. The molecule has 1 amide bonds. The van der Waals surface area contributed by atoms with Crippen LogP contribution in [0.25, 0.3) is 0 Å². The number of carbonyl (C=O) groups is 2. The van der Waals surface area contributed by atoms with Gasteiger partial charge in [0.05, 0.1) is 17.7 Å². The lowest BCUT2D eigenvalue weighted by atomic mass is 9.91. The Morgan fingerprint density at radius 3 is 2.78 bits per heavy atom. The van der Waals surface area contributed by atoms with Crippen LogP contribution in [0.2, 0.25) is 5.22 Å². The van der Waals surface area contributed by atoms with E-state index in [2.05, 4.69) is 0 Å². The van der Waals surface area contributed by atoms with Gasteiger partial charge in [-0.3, -0.25) is 9.59 Å². The number of amides is 1. The van der Waals surface area contributed by atoms with Crippen LogP contribution in [0.4, 0.5) is 0 Å². The molecule has 2 heterocycles. The largest absolute Gasteiger partial charge is 0.481 e. The molecule has 0 radical (unpaired) electrons. The summed E-state index contributed by atoms with van der Waals surface area (Å²) in [6.45, 7) is 2.28. The smallest absolute Gasteiger partial charge is 0.306 e. The van der Waals surface area contributed by atoms with Crippen molar-refractivity contribution in [1.82, 2.24) is 4.90 Å². The molecule has 1 aliphatic heterocycles. The van der Waals surface area contributed by atoms with Gasteiger partial charge >= 0.3 is 5.97 Å². The van der Waals surface area contributed by atoms with Gasteiger partial charge in [-0.2, -0.15) is 0 Å². The van der Waals surface area contributed by atoms with Crippen molar-refractivity contribution in [3.05, 3.63) is 23.1 Å². The number of nitrogens with zero attached hydrogens (tertiary/aromatic N) is 1. The zero-order valence-corrected chi connectivity index (χ0v) is 10.7. The third-order valence-corrected chi connectivity index (χ3v) is 3.63. The Labute approximate surface area is 109 Å². The lowest BCUT2D eigenvalue weighted by Crippen LogP contribution is -2.46. The third-order valence-electron chi connectivity index (χ3n) is 3.33. The molecule has 1 aromatic rings. The molecule has 5 nitrogen and oxygen atoms in total. The quantitative estimate of drug-likeness (QED) is 0.896. The van der Waals surface area contributed by atoms with Crippen molar-refractivity contribution in [2.24, 2.45) is 5.92 Å². The predicted octanol–water partition coefficient (Wildman–Crippen LogP) is 2.26. The molecule has 0 saturated carbocycles. The van der Waals surface area contributed by atoms with E-state index in [0.29, 0.717) is 24.9 Å². The maximum atomic E-state index is 12.2. The van der Waals surface area contributed by atoms with E-state index in [1.165, 1.54) is 12.3 Å². The SMILES string of the molecule is CC1CC(C(=O)O)CCN1C(=O)c1ccoc1Cl. The van der Waals surface area contributed by atoms with Crippen LogP contribution in [-0.2, 0) is 4.79 Å². The Kier molecular flexibility index (Phi) is 3.61. The number of carboxylic acid groups (broad SMARTS) is 1. The van der Waals surface area contributed by atoms with Gasteiger partial charge in [0.1, 0.15) is 0 Å². The van der Waals surface area contributed by atoms with Gasteiger partial charge in [0.25, 0.3) is 5.91 Å². The van der Waals surface area contributed by atoms with Gasteiger partial charge < -0.3 is 14.4 Å². The molecule has 1 aromatic heterocycles. The summed E-state index contributed by atoms with van der Waals surface area (Å²) in [5, 5.41) is 9.05. The molecular weight excluding hydrogens is 258 g/mol. The van der Waals surface area contributed by atoms with E-state index in [4.69, 9.17) is 21.1 Å². The maximum Gasteiger partial charge on any atom is 0.306 e. The summed E-state index contributed by atoms with van der Waals surface area (Å²) in [6, 6.07) is 1.42. The molecular formula is C12H14ClNO4. The second-order valence-corrected chi connectivity index (χ2v) is 4.86. The molecule has 1 N–H and O–H groups in total. The number of piperidine rings is 1. The van der Waals surface area contributed by atoms with Crippen molar-refractivity contribution in [2.75, 3.05) is 6.54 Å². The summed E-state index contributed by atoms with van der Waals surface area (Å²) < 4.78 is 4.89. The first-order valence-corrected chi connectivity index (χ1v) is 6.15. The van der Waals surface area contributed by atoms with E-state index in [-0.39, 0.29) is 23.1 Å². The number of hydrogen-bond donors (Lipinski definition) is 1. The second kappa shape index (κ2) is 5.02. The summed E-state index contributed by atoms with van der Waals surface area (Å²) in [4.78, 5) is 24.8. The highest BCUT2D eigenvalue weighted by Gasteiger charge is 2.33. The average molecular weight is 272 g/mol. The first kappa shape index (κ1) is 13.0. The van der Waals surface area contributed by atoms with E-state index in [0.717, 1.165) is 0 Å². The van der Waals surface area contributed by atoms with Gasteiger partial charge in [-0.05, 0) is 37.4 Å². The summed E-state index contributed by atoms with van der Waals surface area (Å²) >= 11 is 5.77. The second-order valence-electron chi connectivity index (χ2n) is 4.52. The molecule has 1 fully saturated rings. The lowest BCUT2D eigenvalue weighted by molar-refractivity contribution is -0.143. The highest BCUT2D eigenvalue weighted by Crippen LogP contribution is 2.26. The number of rotatable bonds is 2. The summed E-state index contributed by atoms with van der Waals surface area (Å²) in [7, 11) is 0. The summed E-state index contributed by atoms with van der Waals surface area (Å²) in [5.74, 6) is -1.37. The molecule has 1 saturated heterocycles. The van der Waals surface area contributed by atoms with Crippen LogP contribution in [0.1, 0.15) is 30.1 Å². The standard InChI is InChI=1S/C12H14ClNO4/c1-7-6-8(12(16)17)2-4-14(7)11(15)9-3-5-18-10(9)13/h3,5,7-8H,2,4,6H2,1H3,(H,16,17). The summed E-state index contributed by atoms with van der Waals surface area (Å²) in [6.07, 6.45) is 2.31. The zero-order chi connectivity index (χ0) is 13.3. The van der Waals surface area contributed by atoms with E-state index < -0.39 is 5.97 Å². The van der Waals surface area contributed by atoms with Crippen LogP contribution >= 0.6 is 11.6 Å². The fraction of sp³-hybridized carbons (Fsp3) is 0.500. The summed E-state index contributed by atoms with van der Waals surface area (Å²) in [5.41, 5.74) is 0.331. The first-order chi connectivity index (χ1) is 8.50. The van der Waals surface area contributed by atoms with Crippen molar-refractivity contribution in [3.8, 4) is 0 Å². The molecule has 0 aromatic carbocycles. The topological polar surface area (TPSA) is 70.8 Å². The number of halogens is 1. The lowest BCUT2D eigenvalue weighted by Gasteiger charge is -2.36. The maximum absolute atomic E-state index is 12.2. The number of carbonyl (C=O) groups excluding carboxylic acids is 1. The fourth-order valence-corrected chi connectivity index (χ4v) is 2.49. The Balaban J connectivity index is 2.10. The van der Waals surface area contributed by atoms with Crippen LogP contribution in [0.3, 0.4) is 0 Å². The molecule has 1 aliphatic rings. The highest BCUT2D eigenvalue weighted by molar-refractivity contribution is 6.32.